The molecule has 0 bridgehead atoms. The zero-order valence-corrected chi connectivity index (χ0v) is 16.4. The average Bonchev–Trinajstić information content (AvgIpc) is 2.68. The van der Waals surface area contributed by atoms with Gasteiger partial charge in [0.05, 0.1) is 11.9 Å². The van der Waals surface area contributed by atoms with E-state index in [1.165, 1.54) is 36.4 Å². The summed E-state index contributed by atoms with van der Waals surface area (Å²) in [4.78, 5) is 16.8. The molecule has 1 aliphatic heterocycles. The third kappa shape index (κ3) is 5.40. The Kier molecular flexibility index (Phi) is 6.26. The van der Waals surface area contributed by atoms with Crippen LogP contribution in [0, 0.1) is 11.7 Å². The molecule has 0 aromatic heterocycles. The Morgan fingerprint density at radius 1 is 1.28 bits per heavy atom. The Labute approximate surface area is 169 Å². The highest BCUT2D eigenvalue weighted by Gasteiger charge is 2.23. The summed E-state index contributed by atoms with van der Waals surface area (Å²) in [7, 11) is 0. The number of aliphatic imine (C=N–C) groups is 1. The van der Waals surface area contributed by atoms with Crippen molar-refractivity contribution < 1.29 is 13.6 Å². The minimum absolute atomic E-state index is 0.146. The van der Waals surface area contributed by atoms with Gasteiger partial charge in [-0.1, -0.05) is 19.6 Å². The first-order valence-electron chi connectivity index (χ1n) is 9.44. The molecule has 3 rings (SSSR count). The quantitative estimate of drug-likeness (QED) is 0.641. The molecule has 2 unspecified atom stereocenters. The smallest absolute Gasteiger partial charge is 0.227 e. The van der Waals surface area contributed by atoms with Gasteiger partial charge >= 0.3 is 0 Å². The molecule has 152 valence electrons. The van der Waals surface area contributed by atoms with Crippen LogP contribution in [0.2, 0.25) is 0 Å². The highest BCUT2D eigenvalue weighted by Crippen LogP contribution is 2.25. The van der Waals surface area contributed by atoms with Crippen LogP contribution in [-0.4, -0.2) is 17.8 Å². The molecular formula is C22H24F2N4O. The van der Waals surface area contributed by atoms with Crippen LogP contribution in [0.25, 0.3) is 0 Å². The molecule has 7 heteroatoms. The minimum Gasteiger partial charge on any atom is -0.346 e. The maximum atomic E-state index is 13.7. The largest absolute Gasteiger partial charge is 0.346 e. The van der Waals surface area contributed by atoms with Gasteiger partial charge in [-0.25, -0.2) is 8.78 Å². The first-order valence-corrected chi connectivity index (χ1v) is 9.44. The molecular weight excluding hydrogens is 374 g/mol. The van der Waals surface area contributed by atoms with Crippen molar-refractivity contribution in [1.82, 2.24) is 10.6 Å². The first-order chi connectivity index (χ1) is 13.8. The second-order valence-electron chi connectivity index (χ2n) is 7.17. The summed E-state index contributed by atoms with van der Waals surface area (Å²) in [6, 6.07) is 5.41. The number of hydrogen-bond donors (Lipinski definition) is 3. The molecule has 1 amide bonds. The molecule has 2 aliphatic rings. The third-order valence-electron chi connectivity index (χ3n) is 4.72. The van der Waals surface area contributed by atoms with Crippen molar-refractivity contribution in [2.24, 2.45) is 10.9 Å². The fraction of sp³-hybridized carbons (Fsp3) is 0.273. The van der Waals surface area contributed by atoms with Gasteiger partial charge in [-0.05, 0) is 56.2 Å². The molecule has 0 saturated heterocycles. The number of benzene rings is 1. The summed E-state index contributed by atoms with van der Waals surface area (Å²) >= 11 is 0. The molecule has 3 N–H and O–H groups in total. The zero-order valence-electron chi connectivity index (χ0n) is 16.4. The van der Waals surface area contributed by atoms with E-state index in [0.717, 1.165) is 5.84 Å². The number of anilines is 1. The third-order valence-corrected chi connectivity index (χ3v) is 4.72. The van der Waals surface area contributed by atoms with Crippen molar-refractivity contribution in [2.45, 2.75) is 32.7 Å². The van der Waals surface area contributed by atoms with Gasteiger partial charge in [0, 0.05) is 22.9 Å². The number of rotatable bonds is 7. The summed E-state index contributed by atoms with van der Waals surface area (Å²) in [6.45, 7) is 7.69. The lowest BCUT2D eigenvalue weighted by Crippen LogP contribution is -2.37. The van der Waals surface area contributed by atoms with E-state index in [9.17, 15) is 13.6 Å². The molecule has 5 nitrogen and oxygen atoms in total. The lowest BCUT2D eigenvalue weighted by molar-refractivity contribution is -0.119. The number of halogens is 2. The molecule has 0 spiro atoms. The Balaban J connectivity index is 1.54. The van der Waals surface area contributed by atoms with Crippen LogP contribution in [-0.2, 0) is 4.79 Å². The number of nitrogens with zero attached hydrogens (tertiary/aromatic N) is 1. The molecule has 0 saturated carbocycles. The molecule has 0 fully saturated rings. The van der Waals surface area contributed by atoms with Crippen LogP contribution in [0.4, 0.5) is 14.5 Å². The average molecular weight is 398 g/mol. The number of amides is 1. The summed E-state index contributed by atoms with van der Waals surface area (Å²) in [5, 5.41) is 9.08. The van der Waals surface area contributed by atoms with E-state index < -0.39 is 0 Å². The molecule has 1 aromatic rings. The van der Waals surface area contributed by atoms with Gasteiger partial charge in [-0.15, -0.1) is 0 Å². The zero-order chi connectivity index (χ0) is 21.0. The highest BCUT2D eigenvalue weighted by atomic mass is 19.1. The fourth-order valence-corrected chi connectivity index (χ4v) is 3.06. The van der Waals surface area contributed by atoms with E-state index in [2.05, 4.69) is 27.5 Å². The Morgan fingerprint density at radius 2 is 2.00 bits per heavy atom. The van der Waals surface area contributed by atoms with Crippen molar-refractivity contribution in [1.29, 1.82) is 0 Å². The summed E-state index contributed by atoms with van der Waals surface area (Å²) in [5.41, 5.74) is 1.97. The number of allylic oxidation sites excluding steroid dienone is 3. The summed E-state index contributed by atoms with van der Waals surface area (Å²) < 4.78 is 26.6. The van der Waals surface area contributed by atoms with Gasteiger partial charge in [0.2, 0.25) is 5.91 Å². The highest BCUT2D eigenvalue weighted by molar-refractivity contribution is 5.92. The van der Waals surface area contributed by atoms with Crippen molar-refractivity contribution in [3.63, 3.8) is 0 Å². The number of carbonyl (C=O) groups is 1. The van der Waals surface area contributed by atoms with E-state index in [4.69, 9.17) is 0 Å². The van der Waals surface area contributed by atoms with Crippen LogP contribution in [0.3, 0.4) is 0 Å². The van der Waals surface area contributed by atoms with Crippen LogP contribution in [0.5, 0.6) is 0 Å². The second-order valence-corrected chi connectivity index (χ2v) is 7.17. The van der Waals surface area contributed by atoms with Gasteiger partial charge in [0.15, 0.2) is 0 Å². The Hall–Kier alpha value is -3.22. The van der Waals surface area contributed by atoms with Crippen LogP contribution < -0.4 is 16.0 Å². The maximum Gasteiger partial charge on any atom is 0.227 e. The Morgan fingerprint density at radius 3 is 2.72 bits per heavy atom. The molecule has 2 atom stereocenters. The van der Waals surface area contributed by atoms with Crippen molar-refractivity contribution >= 4 is 17.4 Å². The van der Waals surface area contributed by atoms with E-state index >= 15 is 0 Å². The van der Waals surface area contributed by atoms with Crippen molar-refractivity contribution in [3.05, 3.63) is 77.8 Å². The SMILES string of the molecule is C=C(CCC(C)C(=O)Nc1ccc(F)cc1)NC1=C2C=C(F)C=CC2N=C(C)N1. The van der Waals surface area contributed by atoms with Gasteiger partial charge in [0.25, 0.3) is 0 Å². The van der Waals surface area contributed by atoms with E-state index in [1.807, 2.05) is 13.8 Å². The van der Waals surface area contributed by atoms with Crippen molar-refractivity contribution in [3.8, 4) is 0 Å². The first kappa shape index (κ1) is 20.5. The molecule has 1 aliphatic carbocycles. The number of nitrogens with one attached hydrogen (secondary N) is 3. The standard InChI is InChI=1S/C22H24F2N4O/c1-13(22(29)28-18-9-6-16(23)7-10-18)4-5-14(2)25-21-19-12-17(24)8-11-20(19)26-15(3)27-21/h6-13,20,25H,2,4-5H2,1,3H3,(H,26,27)(H,28,29). The second kappa shape index (κ2) is 8.86. The summed E-state index contributed by atoms with van der Waals surface area (Å²) in [6.07, 6.45) is 5.69. The number of hydrogen-bond acceptors (Lipinski definition) is 4. The van der Waals surface area contributed by atoms with Crippen LogP contribution >= 0.6 is 0 Å². The van der Waals surface area contributed by atoms with Gasteiger partial charge in [0.1, 0.15) is 17.5 Å². The van der Waals surface area contributed by atoms with Gasteiger partial charge in [-0.2, -0.15) is 0 Å². The normalized spacial score (nSPS) is 18.8. The minimum atomic E-state index is -0.351. The van der Waals surface area contributed by atoms with Gasteiger partial charge in [-0.3, -0.25) is 9.79 Å². The number of amidine groups is 1. The van der Waals surface area contributed by atoms with Gasteiger partial charge < -0.3 is 16.0 Å². The van der Waals surface area contributed by atoms with E-state index in [-0.39, 0.29) is 29.5 Å². The lowest BCUT2D eigenvalue weighted by atomic mass is 9.99. The molecule has 1 heterocycles. The monoisotopic (exact) mass is 398 g/mol. The maximum absolute atomic E-state index is 13.7. The summed E-state index contributed by atoms with van der Waals surface area (Å²) in [5.74, 6) is 0.283. The van der Waals surface area contributed by atoms with Crippen LogP contribution in [0.1, 0.15) is 26.7 Å². The predicted molar refractivity (Wildman–Crippen MR) is 111 cm³/mol. The topological polar surface area (TPSA) is 65.5 Å². The van der Waals surface area contributed by atoms with Crippen molar-refractivity contribution in [2.75, 3.05) is 5.32 Å². The Bertz CT molecular complexity index is 929. The molecule has 1 aromatic carbocycles. The van der Waals surface area contributed by atoms with E-state index in [1.54, 1.807) is 6.08 Å². The molecule has 0 radical (unpaired) electrons. The van der Waals surface area contributed by atoms with Crippen LogP contribution in [0.15, 0.2) is 77.0 Å². The predicted octanol–water partition coefficient (Wildman–Crippen LogP) is 4.31. The van der Waals surface area contributed by atoms with E-state index in [0.29, 0.717) is 35.6 Å². The molecule has 29 heavy (non-hydrogen) atoms. The fourth-order valence-electron chi connectivity index (χ4n) is 3.06. The number of fused-ring (bicyclic) bond motifs is 1. The number of carbonyl (C=O) groups excluding carboxylic acids is 1. The lowest BCUT2D eigenvalue weighted by Gasteiger charge is -2.27.